The molecule has 1 aromatic carbocycles. The molecule has 0 radical (unpaired) electrons. The Morgan fingerprint density at radius 2 is 2.11 bits per heavy atom. The number of hydrogen-bond acceptors (Lipinski definition) is 3. The normalized spacial score (nSPS) is 10.4. The van der Waals surface area contributed by atoms with E-state index in [4.69, 9.17) is 21.4 Å². The van der Waals surface area contributed by atoms with Crippen molar-refractivity contribution in [1.82, 2.24) is 4.98 Å². The summed E-state index contributed by atoms with van der Waals surface area (Å²) in [5.74, 6) is 0.0279. The first kappa shape index (κ1) is 12.8. The number of nitrogens with zero attached hydrogens (tertiary/aromatic N) is 1. The van der Waals surface area contributed by atoms with Gasteiger partial charge in [0.25, 0.3) is 0 Å². The van der Waals surface area contributed by atoms with Crippen LogP contribution in [-0.4, -0.2) is 10.1 Å². The van der Waals surface area contributed by atoms with Crippen LogP contribution in [0.25, 0.3) is 0 Å². The minimum atomic E-state index is -0.409. The van der Waals surface area contributed by atoms with Crippen LogP contribution in [0.1, 0.15) is 11.1 Å². The quantitative estimate of drug-likeness (QED) is 0.926. The van der Waals surface area contributed by atoms with Gasteiger partial charge >= 0.3 is 0 Å². The van der Waals surface area contributed by atoms with E-state index in [-0.39, 0.29) is 13.2 Å². The predicted molar refractivity (Wildman–Crippen MR) is 65.9 cm³/mol. The maximum atomic E-state index is 13.0. The van der Waals surface area contributed by atoms with Crippen LogP contribution in [0.3, 0.4) is 0 Å². The Labute approximate surface area is 109 Å². The molecule has 0 aliphatic rings. The average molecular weight is 268 g/mol. The zero-order valence-electron chi connectivity index (χ0n) is 9.44. The van der Waals surface area contributed by atoms with Gasteiger partial charge in [0.15, 0.2) is 0 Å². The van der Waals surface area contributed by atoms with Crippen molar-refractivity contribution < 1.29 is 14.2 Å². The molecule has 1 aromatic heterocycles. The fraction of sp³-hybridized carbons (Fsp3) is 0.154. The molecule has 0 unspecified atom stereocenters. The van der Waals surface area contributed by atoms with E-state index < -0.39 is 5.82 Å². The molecule has 0 saturated carbocycles. The smallest absolute Gasteiger partial charge is 0.125 e. The molecule has 0 atom stereocenters. The van der Waals surface area contributed by atoms with E-state index in [1.54, 1.807) is 12.3 Å². The van der Waals surface area contributed by atoms with Gasteiger partial charge in [0.05, 0.1) is 11.6 Å². The van der Waals surface area contributed by atoms with Crippen molar-refractivity contribution in [3.8, 4) is 5.75 Å². The molecule has 94 valence electrons. The summed E-state index contributed by atoms with van der Waals surface area (Å²) in [5, 5.41) is 9.62. The average Bonchev–Trinajstić information content (AvgIpc) is 2.39. The SMILES string of the molecule is OCc1cc(F)ccc1OCc1ccncc1Cl. The summed E-state index contributed by atoms with van der Waals surface area (Å²) in [6.07, 6.45) is 3.14. The zero-order valence-corrected chi connectivity index (χ0v) is 10.2. The summed E-state index contributed by atoms with van der Waals surface area (Å²) < 4.78 is 18.5. The van der Waals surface area contributed by atoms with Gasteiger partial charge in [-0.25, -0.2) is 4.39 Å². The summed E-state index contributed by atoms with van der Waals surface area (Å²) in [6, 6.07) is 5.74. The number of benzene rings is 1. The van der Waals surface area contributed by atoms with Crippen LogP contribution in [0.5, 0.6) is 5.75 Å². The number of pyridine rings is 1. The summed E-state index contributed by atoms with van der Waals surface area (Å²) in [4.78, 5) is 3.87. The summed E-state index contributed by atoms with van der Waals surface area (Å²) in [5.41, 5.74) is 1.18. The zero-order chi connectivity index (χ0) is 13.0. The van der Waals surface area contributed by atoms with Crippen LogP contribution >= 0.6 is 11.6 Å². The third-order valence-corrected chi connectivity index (χ3v) is 2.77. The maximum Gasteiger partial charge on any atom is 0.125 e. The Morgan fingerprint density at radius 3 is 2.83 bits per heavy atom. The molecule has 3 nitrogen and oxygen atoms in total. The van der Waals surface area contributed by atoms with Crippen molar-refractivity contribution in [3.05, 3.63) is 58.6 Å². The van der Waals surface area contributed by atoms with Crippen molar-refractivity contribution in [1.29, 1.82) is 0 Å². The lowest BCUT2D eigenvalue weighted by Crippen LogP contribution is -2.00. The van der Waals surface area contributed by atoms with E-state index >= 15 is 0 Å². The molecule has 0 bridgehead atoms. The van der Waals surface area contributed by atoms with Gasteiger partial charge in [0.1, 0.15) is 18.2 Å². The number of rotatable bonds is 4. The van der Waals surface area contributed by atoms with Crippen molar-refractivity contribution in [2.45, 2.75) is 13.2 Å². The van der Waals surface area contributed by atoms with Crippen LogP contribution in [0.4, 0.5) is 4.39 Å². The molecule has 1 heterocycles. The Hall–Kier alpha value is -1.65. The van der Waals surface area contributed by atoms with Crippen molar-refractivity contribution in [2.75, 3.05) is 0 Å². The summed E-state index contributed by atoms with van der Waals surface area (Å²) in [7, 11) is 0. The molecule has 18 heavy (non-hydrogen) atoms. The standard InChI is InChI=1S/C13H11ClFNO2/c14-12-6-16-4-3-9(12)8-18-13-2-1-11(15)5-10(13)7-17/h1-6,17H,7-8H2. The van der Waals surface area contributed by atoms with Gasteiger partial charge in [-0.2, -0.15) is 0 Å². The van der Waals surface area contributed by atoms with E-state index in [0.717, 1.165) is 5.56 Å². The fourth-order valence-corrected chi connectivity index (χ4v) is 1.66. The van der Waals surface area contributed by atoms with Gasteiger partial charge in [0.2, 0.25) is 0 Å². The van der Waals surface area contributed by atoms with Crippen LogP contribution in [-0.2, 0) is 13.2 Å². The molecule has 0 aliphatic carbocycles. The van der Waals surface area contributed by atoms with Crippen LogP contribution in [0, 0.1) is 5.82 Å². The van der Waals surface area contributed by atoms with E-state index in [2.05, 4.69) is 4.98 Å². The number of halogens is 2. The minimum absolute atomic E-state index is 0.236. The first-order valence-corrected chi connectivity index (χ1v) is 5.69. The molecule has 2 aromatic rings. The highest BCUT2D eigenvalue weighted by molar-refractivity contribution is 6.31. The monoisotopic (exact) mass is 267 g/mol. The summed E-state index contributed by atoms with van der Waals surface area (Å²) in [6.45, 7) is -0.0445. The molecule has 1 N–H and O–H groups in total. The lowest BCUT2D eigenvalue weighted by atomic mass is 10.2. The largest absolute Gasteiger partial charge is 0.488 e. The number of aliphatic hydroxyl groups excluding tert-OH is 1. The van der Waals surface area contributed by atoms with Crippen molar-refractivity contribution >= 4 is 11.6 Å². The second-order valence-electron chi connectivity index (χ2n) is 3.67. The maximum absolute atomic E-state index is 13.0. The van der Waals surface area contributed by atoms with Gasteiger partial charge in [-0.1, -0.05) is 11.6 Å². The first-order chi connectivity index (χ1) is 8.70. The van der Waals surface area contributed by atoms with Crippen LogP contribution < -0.4 is 4.74 Å². The highest BCUT2D eigenvalue weighted by atomic mass is 35.5. The van der Waals surface area contributed by atoms with Crippen molar-refractivity contribution in [2.24, 2.45) is 0 Å². The number of aliphatic hydroxyl groups is 1. The highest BCUT2D eigenvalue weighted by Crippen LogP contribution is 2.22. The molecule has 0 aliphatic heterocycles. The molecule has 2 rings (SSSR count). The van der Waals surface area contributed by atoms with Gasteiger partial charge in [-0.3, -0.25) is 4.98 Å². The Balaban J connectivity index is 2.13. The lowest BCUT2D eigenvalue weighted by molar-refractivity contribution is 0.258. The molecular weight excluding hydrogens is 257 g/mol. The topological polar surface area (TPSA) is 42.4 Å². The Kier molecular flexibility index (Phi) is 4.12. The second-order valence-corrected chi connectivity index (χ2v) is 4.07. The Morgan fingerprint density at radius 1 is 1.28 bits per heavy atom. The molecule has 0 spiro atoms. The third-order valence-electron chi connectivity index (χ3n) is 2.43. The number of aromatic nitrogens is 1. The molecule has 5 heteroatoms. The fourth-order valence-electron chi connectivity index (χ4n) is 1.49. The molecule has 0 amide bonds. The molecular formula is C13H11ClFNO2. The number of ether oxygens (including phenoxy) is 1. The summed E-state index contributed by atoms with van der Waals surface area (Å²) >= 11 is 5.94. The third kappa shape index (κ3) is 2.97. The lowest BCUT2D eigenvalue weighted by Gasteiger charge is -2.10. The Bertz CT molecular complexity index is 548. The van der Waals surface area contributed by atoms with E-state index in [0.29, 0.717) is 16.3 Å². The van der Waals surface area contributed by atoms with Crippen LogP contribution in [0.15, 0.2) is 36.7 Å². The van der Waals surface area contributed by atoms with Gasteiger partial charge < -0.3 is 9.84 Å². The van der Waals surface area contributed by atoms with E-state index in [1.165, 1.54) is 24.4 Å². The molecule has 0 saturated heterocycles. The minimum Gasteiger partial charge on any atom is -0.488 e. The number of hydrogen-bond donors (Lipinski definition) is 1. The van der Waals surface area contributed by atoms with E-state index in [1.807, 2.05) is 0 Å². The van der Waals surface area contributed by atoms with Crippen LogP contribution in [0.2, 0.25) is 5.02 Å². The van der Waals surface area contributed by atoms with Gasteiger partial charge in [-0.15, -0.1) is 0 Å². The van der Waals surface area contributed by atoms with Crippen molar-refractivity contribution in [3.63, 3.8) is 0 Å². The van der Waals surface area contributed by atoms with E-state index in [9.17, 15) is 4.39 Å². The first-order valence-electron chi connectivity index (χ1n) is 5.31. The van der Waals surface area contributed by atoms with Gasteiger partial charge in [0, 0.05) is 23.5 Å². The molecule has 0 fully saturated rings. The van der Waals surface area contributed by atoms with Gasteiger partial charge in [-0.05, 0) is 24.3 Å². The second kappa shape index (κ2) is 5.80. The predicted octanol–water partition coefficient (Wildman–Crippen LogP) is 2.95. The highest BCUT2D eigenvalue weighted by Gasteiger charge is 2.06.